The molecule has 1 fully saturated rings. The lowest BCUT2D eigenvalue weighted by molar-refractivity contribution is 0.164. The van der Waals surface area contributed by atoms with E-state index in [0.717, 1.165) is 24.5 Å². The van der Waals surface area contributed by atoms with Crippen LogP contribution in [0.15, 0.2) is 0 Å². The maximum atomic E-state index is 3.68. The van der Waals surface area contributed by atoms with Gasteiger partial charge in [0, 0.05) is 30.7 Å². The monoisotopic (exact) mass is 240 g/mol. The van der Waals surface area contributed by atoms with Gasteiger partial charge in [-0.3, -0.25) is 4.90 Å². The summed E-state index contributed by atoms with van der Waals surface area (Å²) < 4.78 is 0. The zero-order valence-electron chi connectivity index (χ0n) is 12.7. The topological polar surface area (TPSA) is 15.3 Å². The van der Waals surface area contributed by atoms with Gasteiger partial charge in [-0.05, 0) is 46.5 Å². The molecule has 0 spiro atoms. The number of nitrogens with one attached hydrogen (secondary N) is 1. The van der Waals surface area contributed by atoms with Crippen molar-refractivity contribution in [1.29, 1.82) is 0 Å². The molecule has 1 heterocycles. The molecule has 0 aromatic rings. The first-order valence-electron chi connectivity index (χ1n) is 7.34. The molecule has 0 radical (unpaired) electrons. The van der Waals surface area contributed by atoms with E-state index < -0.39 is 0 Å². The minimum atomic E-state index is 0.237. The molecule has 17 heavy (non-hydrogen) atoms. The molecular weight excluding hydrogens is 208 g/mol. The van der Waals surface area contributed by atoms with Gasteiger partial charge in [-0.15, -0.1) is 0 Å². The van der Waals surface area contributed by atoms with Crippen molar-refractivity contribution in [3.63, 3.8) is 0 Å². The predicted octanol–water partition coefficient (Wildman–Crippen LogP) is 3.27. The van der Waals surface area contributed by atoms with E-state index in [2.05, 4.69) is 51.8 Å². The Morgan fingerprint density at radius 1 is 1.29 bits per heavy atom. The lowest BCUT2D eigenvalue weighted by Gasteiger charge is -2.34. The molecule has 1 N–H and O–H groups in total. The standard InChI is InChI=1S/C15H32N2/c1-7-8-14(10-16-15(4,5)6)17-11-12(2)9-13(17)3/h12-14,16H,7-11H2,1-6H3. The third-order valence-electron chi connectivity index (χ3n) is 3.79. The lowest BCUT2D eigenvalue weighted by atomic mass is 10.1. The molecule has 0 saturated carbocycles. The minimum absolute atomic E-state index is 0.237. The van der Waals surface area contributed by atoms with E-state index >= 15 is 0 Å². The fourth-order valence-corrected chi connectivity index (χ4v) is 2.98. The average molecular weight is 240 g/mol. The van der Waals surface area contributed by atoms with E-state index in [1.165, 1.54) is 25.8 Å². The summed E-state index contributed by atoms with van der Waals surface area (Å²) in [5.41, 5.74) is 0.237. The fraction of sp³-hybridized carbons (Fsp3) is 1.00. The van der Waals surface area contributed by atoms with Crippen molar-refractivity contribution in [1.82, 2.24) is 10.2 Å². The van der Waals surface area contributed by atoms with E-state index in [1.807, 2.05) is 0 Å². The first kappa shape index (κ1) is 15.0. The lowest BCUT2D eigenvalue weighted by Crippen LogP contribution is -2.48. The highest BCUT2D eigenvalue weighted by molar-refractivity contribution is 4.87. The van der Waals surface area contributed by atoms with Crippen LogP contribution in [-0.2, 0) is 0 Å². The molecule has 1 saturated heterocycles. The fourth-order valence-electron chi connectivity index (χ4n) is 2.98. The average Bonchev–Trinajstić information content (AvgIpc) is 2.51. The second-order valence-corrected chi connectivity index (χ2v) is 6.96. The second-order valence-electron chi connectivity index (χ2n) is 6.96. The summed E-state index contributed by atoms with van der Waals surface area (Å²) in [4.78, 5) is 2.73. The van der Waals surface area contributed by atoms with Gasteiger partial charge in [-0.2, -0.15) is 0 Å². The maximum absolute atomic E-state index is 3.68. The van der Waals surface area contributed by atoms with Crippen molar-refractivity contribution in [2.45, 2.75) is 78.4 Å². The predicted molar refractivity (Wildman–Crippen MR) is 76.4 cm³/mol. The van der Waals surface area contributed by atoms with Crippen LogP contribution >= 0.6 is 0 Å². The first-order valence-corrected chi connectivity index (χ1v) is 7.34. The Hall–Kier alpha value is -0.0800. The van der Waals surface area contributed by atoms with Crippen molar-refractivity contribution < 1.29 is 0 Å². The molecule has 3 unspecified atom stereocenters. The second kappa shape index (κ2) is 6.19. The van der Waals surface area contributed by atoms with Gasteiger partial charge in [0.1, 0.15) is 0 Å². The van der Waals surface area contributed by atoms with Gasteiger partial charge < -0.3 is 5.32 Å². The molecule has 102 valence electrons. The summed E-state index contributed by atoms with van der Waals surface area (Å²) in [6.45, 7) is 16.3. The van der Waals surface area contributed by atoms with Gasteiger partial charge in [-0.25, -0.2) is 0 Å². The molecule has 1 aliphatic heterocycles. The molecule has 2 heteroatoms. The summed E-state index contributed by atoms with van der Waals surface area (Å²) in [7, 11) is 0. The van der Waals surface area contributed by atoms with Gasteiger partial charge in [-0.1, -0.05) is 20.3 Å². The molecule has 0 aromatic carbocycles. The summed E-state index contributed by atoms with van der Waals surface area (Å²) in [6.07, 6.45) is 3.98. The van der Waals surface area contributed by atoms with Gasteiger partial charge in [0.2, 0.25) is 0 Å². The van der Waals surface area contributed by atoms with Crippen molar-refractivity contribution in [3.05, 3.63) is 0 Å². The Balaban J connectivity index is 2.53. The van der Waals surface area contributed by atoms with Crippen LogP contribution in [0.3, 0.4) is 0 Å². The Morgan fingerprint density at radius 2 is 1.94 bits per heavy atom. The summed E-state index contributed by atoms with van der Waals surface area (Å²) in [6, 6.07) is 1.49. The first-order chi connectivity index (χ1) is 7.83. The zero-order valence-corrected chi connectivity index (χ0v) is 12.7. The zero-order chi connectivity index (χ0) is 13.1. The quantitative estimate of drug-likeness (QED) is 0.793. The number of nitrogens with zero attached hydrogens (tertiary/aromatic N) is 1. The highest BCUT2D eigenvalue weighted by Gasteiger charge is 2.31. The van der Waals surface area contributed by atoms with E-state index in [9.17, 15) is 0 Å². The molecule has 3 atom stereocenters. The number of rotatable bonds is 5. The van der Waals surface area contributed by atoms with E-state index in [-0.39, 0.29) is 5.54 Å². The third kappa shape index (κ3) is 4.97. The van der Waals surface area contributed by atoms with Crippen LogP contribution in [0.25, 0.3) is 0 Å². The summed E-state index contributed by atoms with van der Waals surface area (Å²) in [5, 5.41) is 3.68. The number of likely N-dealkylation sites (tertiary alicyclic amines) is 1. The van der Waals surface area contributed by atoms with E-state index in [0.29, 0.717) is 0 Å². The van der Waals surface area contributed by atoms with Crippen molar-refractivity contribution in [2.24, 2.45) is 5.92 Å². The van der Waals surface area contributed by atoms with E-state index in [4.69, 9.17) is 0 Å². The van der Waals surface area contributed by atoms with Gasteiger partial charge in [0.05, 0.1) is 0 Å². The number of hydrogen-bond acceptors (Lipinski definition) is 2. The Morgan fingerprint density at radius 3 is 2.35 bits per heavy atom. The third-order valence-corrected chi connectivity index (χ3v) is 3.79. The van der Waals surface area contributed by atoms with Crippen molar-refractivity contribution >= 4 is 0 Å². The van der Waals surface area contributed by atoms with E-state index in [1.54, 1.807) is 0 Å². The minimum Gasteiger partial charge on any atom is -0.311 e. The largest absolute Gasteiger partial charge is 0.311 e. The molecule has 0 bridgehead atoms. The van der Waals surface area contributed by atoms with Gasteiger partial charge in [0.25, 0.3) is 0 Å². The molecule has 0 aromatic heterocycles. The van der Waals surface area contributed by atoms with Crippen LogP contribution in [0.5, 0.6) is 0 Å². The van der Waals surface area contributed by atoms with Gasteiger partial charge in [0.15, 0.2) is 0 Å². The Bertz CT molecular complexity index is 219. The molecule has 1 aliphatic rings. The molecule has 2 nitrogen and oxygen atoms in total. The van der Waals surface area contributed by atoms with Crippen LogP contribution < -0.4 is 5.32 Å². The summed E-state index contributed by atoms with van der Waals surface area (Å²) in [5.74, 6) is 0.874. The van der Waals surface area contributed by atoms with Crippen LogP contribution in [0, 0.1) is 5.92 Å². The van der Waals surface area contributed by atoms with Crippen LogP contribution in [0.4, 0.5) is 0 Å². The summed E-state index contributed by atoms with van der Waals surface area (Å²) >= 11 is 0. The van der Waals surface area contributed by atoms with Crippen LogP contribution in [0.1, 0.15) is 60.8 Å². The highest BCUT2D eigenvalue weighted by Crippen LogP contribution is 2.26. The molecule has 1 rings (SSSR count). The Kier molecular flexibility index (Phi) is 5.46. The van der Waals surface area contributed by atoms with Crippen LogP contribution in [-0.4, -0.2) is 35.6 Å². The van der Waals surface area contributed by atoms with Crippen LogP contribution in [0.2, 0.25) is 0 Å². The SMILES string of the molecule is CCCC(CNC(C)(C)C)N1CC(C)CC1C. The smallest absolute Gasteiger partial charge is 0.0223 e. The van der Waals surface area contributed by atoms with Crippen molar-refractivity contribution in [3.8, 4) is 0 Å². The Labute approximate surface area is 108 Å². The van der Waals surface area contributed by atoms with Crippen molar-refractivity contribution in [2.75, 3.05) is 13.1 Å². The molecule has 0 aliphatic carbocycles. The normalized spacial score (nSPS) is 28.6. The molecular formula is C15H32N2. The number of hydrogen-bond donors (Lipinski definition) is 1. The van der Waals surface area contributed by atoms with Gasteiger partial charge >= 0.3 is 0 Å². The molecule has 0 amide bonds. The maximum Gasteiger partial charge on any atom is 0.0223 e. The highest BCUT2D eigenvalue weighted by atomic mass is 15.2.